The molecule has 0 aliphatic rings. The zero-order valence-corrected chi connectivity index (χ0v) is 21.0. The van der Waals surface area contributed by atoms with E-state index in [0.29, 0.717) is 44.9 Å². The van der Waals surface area contributed by atoms with Crippen molar-refractivity contribution in [2.24, 2.45) is 0 Å². The van der Waals surface area contributed by atoms with E-state index in [1.54, 1.807) is 29.2 Å². The normalized spacial score (nSPS) is 11.4. The summed E-state index contributed by atoms with van der Waals surface area (Å²) in [5, 5.41) is 12.1. The quantitative estimate of drug-likeness (QED) is 0.293. The van der Waals surface area contributed by atoms with Gasteiger partial charge >= 0.3 is 0 Å². The highest BCUT2D eigenvalue weighted by molar-refractivity contribution is 6.07. The number of benzene rings is 2. The largest absolute Gasteiger partial charge is 0.494 e. The minimum absolute atomic E-state index is 0.108. The molecule has 0 radical (unpaired) electrons. The lowest BCUT2D eigenvalue weighted by Gasteiger charge is -2.13. The van der Waals surface area contributed by atoms with Gasteiger partial charge in [-0.25, -0.2) is 18.7 Å². The summed E-state index contributed by atoms with van der Waals surface area (Å²) in [5.41, 5.74) is 3.66. The summed E-state index contributed by atoms with van der Waals surface area (Å²) >= 11 is 0. The number of methoxy groups -OCH3 is 1. The van der Waals surface area contributed by atoms with Gasteiger partial charge in [-0.1, -0.05) is 30.3 Å². The standard InChI is InChI=1S/C27H25F2N7O2/c1-16(2)36-12-18(11-32-36)27(37)33-22-9-19-21(10-23(22)38-3)30-15-31-26(19)20-13-35(14-24(28)29)34-25(20)17-7-5-4-6-8-17/h4-13,15-16,24H,14H2,1-3H3,(H,33,37). The molecule has 0 bridgehead atoms. The first-order valence-electron chi connectivity index (χ1n) is 11.9. The van der Waals surface area contributed by atoms with Crippen molar-refractivity contribution < 1.29 is 18.3 Å². The lowest BCUT2D eigenvalue weighted by molar-refractivity contribution is 0.102. The van der Waals surface area contributed by atoms with E-state index in [4.69, 9.17) is 4.74 Å². The predicted octanol–water partition coefficient (Wildman–Crippen LogP) is 5.46. The summed E-state index contributed by atoms with van der Waals surface area (Å²) in [6.07, 6.45) is 3.56. The Morgan fingerprint density at radius 2 is 1.87 bits per heavy atom. The van der Waals surface area contributed by atoms with Crippen molar-refractivity contribution in [3.05, 3.63) is 72.9 Å². The van der Waals surface area contributed by atoms with E-state index in [-0.39, 0.29) is 11.9 Å². The van der Waals surface area contributed by atoms with Crippen LogP contribution in [0.15, 0.2) is 67.4 Å². The number of carbonyl (C=O) groups excluding carboxylic acids is 1. The summed E-state index contributed by atoms with van der Waals surface area (Å²) in [6, 6.07) is 12.8. The second-order valence-corrected chi connectivity index (χ2v) is 8.92. The highest BCUT2D eigenvalue weighted by atomic mass is 19.3. The molecule has 0 fully saturated rings. The Bertz CT molecular complexity index is 1600. The summed E-state index contributed by atoms with van der Waals surface area (Å²) in [5.74, 6) is 0.0473. The molecular weight excluding hydrogens is 492 g/mol. The third kappa shape index (κ3) is 4.95. The van der Waals surface area contributed by atoms with Gasteiger partial charge in [0.05, 0.1) is 35.8 Å². The second-order valence-electron chi connectivity index (χ2n) is 8.92. The predicted molar refractivity (Wildman–Crippen MR) is 139 cm³/mol. The van der Waals surface area contributed by atoms with Crippen LogP contribution >= 0.6 is 0 Å². The van der Waals surface area contributed by atoms with Gasteiger partial charge in [0.15, 0.2) is 0 Å². The first kappa shape index (κ1) is 25.0. The molecule has 194 valence electrons. The number of nitrogens with one attached hydrogen (secondary N) is 1. The molecule has 0 aliphatic carbocycles. The number of hydrogen-bond donors (Lipinski definition) is 1. The molecule has 9 nitrogen and oxygen atoms in total. The van der Waals surface area contributed by atoms with Gasteiger partial charge in [0, 0.05) is 41.0 Å². The molecule has 0 saturated heterocycles. The zero-order chi connectivity index (χ0) is 26.8. The van der Waals surface area contributed by atoms with Gasteiger partial charge in [0.2, 0.25) is 0 Å². The maximum Gasteiger partial charge on any atom is 0.258 e. The van der Waals surface area contributed by atoms with E-state index in [0.717, 1.165) is 5.56 Å². The molecule has 1 N–H and O–H groups in total. The zero-order valence-electron chi connectivity index (χ0n) is 21.0. The van der Waals surface area contributed by atoms with Gasteiger partial charge in [-0.15, -0.1) is 0 Å². The van der Waals surface area contributed by atoms with Crippen LogP contribution in [0.1, 0.15) is 30.2 Å². The minimum Gasteiger partial charge on any atom is -0.494 e. The van der Waals surface area contributed by atoms with Crippen molar-refractivity contribution in [1.82, 2.24) is 29.5 Å². The Kier molecular flexibility index (Phi) is 6.82. The van der Waals surface area contributed by atoms with Crippen LogP contribution in [0.5, 0.6) is 5.75 Å². The molecule has 5 rings (SSSR count). The Morgan fingerprint density at radius 1 is 1.08 bits per heavy atom. The maximum absolute atomic E-state index is 13.2. The van der Waals surface area contributed by atoms with Crippen molar-refractivity contribution in [3.63, 3.8) is 0 Å². The Hall–Kier alpha value is -4.67. The van der Waals surface area contributed by atoms with Crippen LogP contribution in [-0.4, -0.2) is 49.0 Å². The van der Waals surface area contributed by atoms with E-state index in [1.165, 1.54) is 24.3 Å². The van der Waals surface area contributed by atoms with Gasteiger partial charge in [-0.05, 0) is 19.9 Å². The number of amides is 1. The van der Waals surface area contributed by atoms with Gasteiger partial charge in [0.1, 0.15) is 24.3 Å². The summed E-state index contributed by atoms with van der Waals surface area (Å²) in [6.45, 7) is 3.38. The smallest absolute Gasteiger partial charge is 0.258 e. The van der Waals surface area contributed by atoms with E-state index >= 15 is 0 Å². The Labute approximate surface area is 217 Å². The van der Waals surface area contributed by atoms with Crippen LogP contribution in [0.3, 0.4) is 0 Å². The molecule has 0 saturated carbocycles. The molecule has 3 aromatic heterocycles. The second kappa shape index (κ2) is 10.4. The molecule has 3 heterocycles. The number of aromatic nitrogens is 6. The average molecular weight is 518 g/mol. The highest BCUT2D eigenvalue weighted by Crippen LogP contribution is 2.37. The SMILES string of the molecule is COc1cc2ncnc(-c3cn(CC(F)F)nc3-c3ccccc3)c2cc1NC(=O)c1cnn(C(C)C)c1. The number of nitrogens with zero attached hydrogens (tertiary/aromatic N) is 6. The first-order chi connectivity index (χ1) is 18.3. The van der Waals surface area contributed by atoms with Crippen molar-refractivity contribution in [3.8, 4) is 28.3 Å². The van der Waals surface area contributed by atoms with E-state index < -0.39 is 13.0 Å². The van der Waals surface area contributed by atoms with Crippen LogP contribution in [0.4, 0.5) is 14.5 Å². The summed E-state index contributed by atoms with van der Waals surface area (Å²) in [4.78, 5) is 21.9. The first-order valence-corrected chi connectivity index (χ1v) is 11.9. The molecular formula is C27H25F2N7O2. The molecule has 38 heavy (non-hydrogen) atoms. The molecule has 2 aromatic carbocycles. The van der Waals surface area contributed by atoms with Crippen molar-refractivity contribution in [2.75, 3.05) is 12.4 Å². The Balaban J connectivity index is 1.62. The fraction of sp³-hybridized carbons (Fsp3) is 0.222. The lowest BCUT2D eigenvalue weighted by atomic mass is 10.0. The van der Waals surface area contributed by atoms with Crippen LogP contribution < -0.4 is 10.1 Å². The maximum atomic E-state index is 13.2. The number of alkyl halides is 2. The van der Waals surface area contributed by atoms with Crippen LogP contribution in [0.25, 0.3) is 33.4 Å². The highest BCUT2D eigenvalue weighted by Gasteiger charge is 2.21. The summed E-state index contributed by atoms with van der Waals surface area (Å²) < 4.78 is 34.9. The summed E-state index contributed by atoms with van der Waals surface area (Å²) in [7, 11) is 1.50. The topological polar surface area (TPSA) is 99.8 Å². The molecule has 5 aromatic rings. The molecule has 0 atom stereocenters. The molecule has 0 aliphatic heterocycles. The van der Waals surface area contributed by atoms with E-state index in [9.17, 15) is 13.6 Å². The monoisotopic (exact) mass is 517 g/mol. The molecule has 0 spiro atoms. The van der Waals surface area contributed by atoms with Crippen LogP contribution in [0.2, 0.25) is 0 Å². The molecule has 1 amide bonds. The average Bonchev–Trinajstić information content (AvgIpc) is 3.56. The number of anilines is 1. The number of hydrogen-bond acceptors (Lipinski definition) is 6. The Morgan fingerprint density at radius 3 is 2.55 bits per heavy atom. The van der Waals surface area contributed by atoms with E-state index in [1.807, 2.05) is 44.2 Å². The molecule has 0 unspecified atom stereocenters. The van der Waals surface area contributed by atoms with Gasteiger partial charge in [-0.2, -0.15) is 10.2 Å². The molecule has 11 heteroatoms. The van der Waals surface area contributed by atoms with Gasteiger partial charge < -0.3 is 10.1 Å². The number of fused-ring (bicyclic) bond motifs is 1. The fourth-order valence-electron chi connectivity index (χ4n) is 4.14. The number of ether oxygens (including phenoxy) is 1. The number of carbonyl (C=O) groups is 1. The number of rotatable bonds is 8. The fourth-order valence-corrected chi connectivity index (χ4v) is 4.14. The lowest BCUT2D eigenvalue weighted by Crippen LogP contribution is -2.12. The van der Waals surface area contributed by atoms with Gasteiger partial charge in [-0.3, -0.25) is 14.2 Å². The van der Waals surface area contributed by atoms with Crippen LogP contribution in [0, 0.1) is 0 Å². The van der Waals surface area contributed by atoms with Gasteiger partial charge in [0.25, 0.3) is 12.3 Å². The van der Waals surface area contributed by atoms with Crippen molar-refractivity contribution in [1.29, 1.82) is 0 Å². The van der Waals surface area contributed by atoms with Crippen LogP contribution in [-0.2, 0) is 6.54 Å². The van der Waals surface area contributed by atoms with Crippen molar-refractivity contribution >= 4 is 22.5 Å². The minimum atomic E-state index is -2.57. The van der Waals surface area contributed by atoms with E-state index in [2.05, 4.69) is 25.5 Å². The van der Waals surface area contributed by atoms with Crippen molar-refractivity contribution in [2.45, 2.75) is 32.9 Å². The third-order valence-corrected chi connectivity index (χ3v) is 5.99. The number of halogens is 2. The third-order valence-electron chi connectivity index (χ3n) is 5.99.